The van der Waals surface area contributed by atoms with Crippen LogP contribution < -0.4 is 5.32 Å². The molecule has 3 nitrogen and oxygen atoms in total. The standard InChI is InChI=1S/C14H18F3NO2S/c1-10-6-7-11(8-10)9-18-12-4-2-3-5-13(12)21(19,20)14(15,16)17/h2-5,10-11,18H,6-9H2,1H3. The van der Waals surface area contributed by atoms with Gasteiger partial charge < -0.3 is 5.32 Å². The molecule has 21 heavy (non-hydrogen) atoms. The predicted octanol–water partition coefficient (Wildman–Crippen LogP) is 3.83. The van der Waals surface area contributed by atoms with E-state index in [-0.39, 0.29) is 5.69 Å². The average molecular weight is 321 g/mol. The highest BCUT2D eigenvalue weighted by molar-refractivity contribution is 7.92. The summed E-state index contributed by atoms with van der Waals surface area (Å²) in [6.07, 6.45) is 3.14. The number of hydrogen-bond acceptors (Lipinski definition) is 3. The lowest BCUT2D eigenvalue weighted by atomic mass is 10.1. The van der Waals surface area contributed by atoms with E-state index in [9.17, 15) is 21.6 Å². The number of benzene rings is 1. The number of para-hydroxylation sites is 1. The van der Waals surface area contributed by atoms with Crippen LogP contribution in [-0.4, -0.2) is 20.5 Å². The van der Waals surface area contributed by atoms with Gasteiger partial charge in [-0.2, -0.15) is 13.2 Å². The van der Waals surface area contributed by atoms with Crippen molar-refractivity contribution in [3.8, 4) is 0 Å². The van der Waals surface area contributed by atoms with Crippen LogP contribution in [0.15, 0.2) is 29.2 Å². The Morgan fingerprint density at radius 3 is 2.48 bits per heavy atom. The van der Waals surface area contributed by atoms with Gasteiger partial charge in [-0.25, -0.2) is 8.42 Å². The summed E-state index contributed by atoms with van der Waals surface area (Å²) in [5, 5.41) is 2.87. The van der Waals surface area contributed by atoms with Gasteiger partial charge in [-0.3, -0.25) is 0 Å². The second kappa shape index (κ2) is 5.87. The molecule has 0 aromatic heterocycles. The molecule has 1 N–H and O–H groups in total. The first kappa shape index (κ1) is 16.1. The lowest BCUT2D eigenvalue weighted by Gasteiger charge is -2.16. The summed E-state index contributed by atoms with van der Waals surface area (Å²) in [6.45, 7) is 2.64. The van der Waals surface area contributed by atoms with E-state index in [4.69, 9.17) is 0 Å². The largest absolute Gasteiger partial charge is 0.501 e. The molecule has 2 atom stereocenters. The second-order valence-corrected chi connectivity index (χ2v) is 7.52. The van der Waals surface area contributed by atoms with Crippen LogP contribution in [0.25, 0.3) is 0 Å². The number of sulfone groups is 1. The monoisotopic (exact) mass is 321 g/mol. The van der Waals surface area contributed by atoms with Crippen LogP contribution in [0.2, 0.25) is 0 Å². The number of rotatable bonds is 4. The van der Waals surface area contributed by atoms with Gasteiger partial charge in [-0.15, -0.1) is 0 Å². The highest BCUT2D eigenvalue weighted by Crippen LogP contribution is 2.35. The van der Waals surface area contributed by atoms with Gasteiger partial charge >= 0.3 is 5.51 Å². The molecule has 1 fully saturated rings. The molecule has 2 unspecified atom stereocenters. The molecule has 0 bridgehead atoms. The Morgan fingerprint density at radius 2 is 1.90 bits per heavy atom. The predicted molar refractivity (Wildman–Crippen MR) is 74.7 cm³/mol. The van der Waals surface area contributed by atoms with Crippen LogP contribution in [0.3, 0.4) is 0 Å². The summed E-state index contributed by atoms with van der Waals surface area (Å²) in [6, 6.07) is 5.18. The summed E-state index contributed by atoms with van der Waals surface area (Å²) in [4.78, 5) is -0.705. The number of nitrogens with one attached hydrogen (secondary N) is 1. The molecule has 0 radical (unpaired) electrons. The van der Waals surface area contributed by atoms with Crippen molar-refractivity contribution in [1.82, 2.24) is 0 Å². The molecule has 2 rings (SSSR count). The Balaban J connectivity index is 2.18. The quantitative estimate of drug-likeness (QED) is 0.917. The smallest absolute Gasteiger partial charge is 0.384 e. The van der Waals surface area contributed by atoms with E-state index in [1.807, 2.05) is 0 Å². The maximum Gasteiger partial charge on any atom is 0.501 e. The van der Waals surface area contributed by atoms with Gasteiger partial charge in [0.2, 0.25) is 0 Å². The Bertz CT molecular complexity index is 598. The van der Waals surface area contributed by atoms with E-state index in [0.29, 0.717) is 18.4 Å². The van der Waals surface area contributed by atoms with Crippen molar-refractivity contribution in [3.63, 3.8) is 0 Å². The van der Waals surface area contributed by atoms with Gasteiger partial charge in [0.1, 0.15) is 0 Å². The first-order valence-electron chi connectivity index (χ1n) is 6.86. The van der Waals surface area contributed by atoms with Crippen LogP contribution in [0, 0.1) is 11.8 Å². The van der Waals surface area contributed by atoms with Crippen molar-refractivity contribution in [2.75, 3.05) is 11.9 Å². The third-order valence-electron chi connectivity index (χ3n) is 3.87. The van der Waals surface area contributed by atoms with Gasteiger partial charge in [0.05, 0.1) is 10.6 Å². The van der Waals surface area contributed by atoms with Crippen LogP contribution >= 0.6 is 0 Å². The van der Waals surface area contributed by atoms with Crippen molar-refractivity contribution >= 4 is 15.5 Å². The fourth-order valence-corrected chi connectivity index (χ4v) is 3.67. The van der Waals surface area contributed by atoms with Crippen molar-refractivity contribution in [2.45, 2.75) is 36.6 Å². The molecule has 1 aliphatic carbocycles. The molecule has 0 amide bonds. The van der Waals surface area contributed by atoms with Gasteiger partial charge in [-0.1, -0.05) is 25.5 Å². The van der Waals surface area contributed by atoms with Crippen LogP contribution in [0.4, 0.5) is 18.9 Å². The molecule has 1 aliphatic rings. The first-order chi connectivity index (χ1) is 9.72. The molecular weight excluding hydrogens is 303 g/mol. The number of alkyl halides is 3. The molecule has 1 saturated carbocycles. The maximum atomic E-state index is 12.7. The SMILES string of the molecule is CC1CCC(CNc2ccccc2S(=O)(=O)C(F)(F)F)C1. The summed E-state index contributed by atoms with van der Waals surface area (Å²) in [5.41, 5.74) is -5.26. The highest BCUT2D eigenvalue weighted by Gasteiger charge is 2.47. The third-order valence-corrected chi connectivity index (χ3v) is 5.41. The molecule has 1 aromatic rings. The number of anilines is 1. The van der Waals surface area contributed by atoms with E-state index in [2.05, 4.69) is 12.2 Å². The molecule has 0 spiro atoms. The van der Waals surface area contributed by atoms with Crippen molar-refractivity contribution in [3.05, 3.63) is 24.3 Å². The van der Waals surface area contributed by atoms with E-state index >= 15 is 0 Å². The fraction of sp³-hybridized carbons (Fsp3) is 0.571. The zero-order valence-electron chi connectivity index (χ0n) is 11.7. The normalized spacial score (nSPS) is 23.2. The molecular formula is C14H18F3NO2S. The number of hydrogen-bond donors (Lipinski definition) is 1. The highest BCUT2D eigenvalue weighted by atomic mass is 32.2. The molecule has 0 saturated heterocycles. The minimum atomic E-state index is -5.33. The Labute approximate surface area is 122 Å². The Hall–Kier alpha value is -1.24. The van der Waals surface area contributed by atoms with Gasteiger partial charge in [0.15, 0.2) is 0 Å². The Morgan fingerprint density at radius 1 is 1.24 bits per heavy atom. The second-order valence-electron chi connectivity index (χ2n) is 5.61. The summed E-state index contributed by atoms with van der Waals surface area (Å²) in [7, 11) is -5.33. The third kappa shape index (κ3) is 3.51. The van der Waals surface area contributed by atoms with Crippen molar-refractivity contribution in [1.29, 1.82) is 0 Å². The molecule has 0 aliphatic heterocycles. The first-order valence-corrected chi connectivity index (χ1v) is 8.34. The van der Waals surface area contributed by atoms with E-state index in [1.165, 1.54) is 18.2 Å². The van der Waals surface area contributed by atoms with E-state index < -0.39 is 20.2 Å². The molecule has 118 valence electrons. The molecule has 7 heteroatoms. The van der Waals surface area contributed by atoms with E-state index in [0.717, 1.165) is 25.3 Å². The molecule has 0 heterocycles. The van der Waals surface area contributed by atoms with Crippen LogP contribution in [0.1, 0.15) is 26.2 Å². The zero-order valence-corrected chi connectivity index (χ0v) is 12.5. The van der Waals surface area contributed by atoms with Crippen molar-refractivity contribution < 1.29 is 21.6 Å². The fourth-order valence-electron chi connectivity index (χ4n) is 2.74. The summed E-state index contributed by atoms with van der Waals surface area (Å²) < 4.78 is 61.1. The van der Waals surface area contributed by atoms with Gasteiger partial charge in [0, 0.05) is 6.54 Å². The minimum absolute atomic E-state index is 0.0226. The minimum Gasteiger partial charge on any atom is -0.384 e. The van der Waals surface area contributed by atoms with Crippen molar-refractivity contribution in [2.24, 2.45) is 11.8 Å². The summed E-state index contributed by atoms with van der Waals surface area (Å²) >= 11 is 0. The van der Waals surface area contributed by atoms with Gasteiger partial charge in [0.25, 0.3) is 9.84 Å². The topological polar surface area (TPSA) is 46.2 Å². The maximum absolute atomic E-state index is 12.7. The zero-order chi connectivity index (χ0) is 15.7. The van der Waals surface area contributed by atoms with Crippen LogP contribution in [0.5, 0.6) is 0 Å². The number of halogens is 3. The average Bonchev–Trinajstić information content (AvgIpc) is 2.81. The molecule has 1 aromatic carbocycles. The van der Waals surface area contributed by atoms with Crippen LogP contribution in [-0.2, 0) is 9.84 Å². The Kier molecular flexibility index (Phi) is 4.51. The summed E-state index contributed by atoms with van der Waals surface area (Å²) in [5.74, 6) is 0.993. The van der Waals surface area contributed by atoms with E-state index in [1.54, 1.807) is 0 Å². The lowest BCUT2D eigenvalue weighted by Crippen LogP contribution is -2.24. The van der Waals surface area contributed by atoms with Gasteiger partial charge in [-0.05, 0) is 36.8 Å². The lowest BCUT2D eigenvalue weighted by molar-refractivity contribution is -0.0435.